The number of fused-ring (bicyclic) bond motifs is 2. The summed E-state index contributed by atoms with van der Waals surface area (Å²) in [5.74, 6) is 0.600. The summed E-state index contributed by atoms with van der Waals surface area (Å²) in [5.41, 5.74) is 3.01. The molecule has 158 valence electrons. The van der Waals surface area contributed by atoms with Gasteiger partial charge in [0.1, 0.15) is 11.4 Å². The Morgan fingerprint density at radius 1 is 1.13 bits per heavy atom. The van der Waals surface area contributed by atoms with Gasteiger partial charge < -0.3 is 14.7 Å². The van der Waals surface area contributed by atoms with Crippen LogP contribution >= 0.6 is 15.9 Å². The number of β-amino-alcohol motifs (C(OH)–C–C–N with tert-alkyl or cyclic N) is 1. The van der Waals surface area contributed by atoms with Gasteiger partial charge in [0, 0.05) is 30.7 Å². The molecule has 1 saturated carbocycles. The van der Waals surface area contributed by atoms with Crippen LogP contribution in [0.1, 0.15) is 40.7 Å². The predicted octanol–water partition coefficient (Wildman–Crippen LogP) is 3.63. The van der Waals surface area contributed by atoms with Crippen LogP contribution in [-0.4, -0.2) is 58.7 Å². The molecule has 5 nitrogen and oxygen atoms in total. The fourth-order valence-corrected chi connectivity index (χ4v) is 5.25. The van der Waals surface area contributed by atoms with Crippen molar-refractivity contribution in [3.8, 4) is 5.75 Å². The lowest BCUT2D eigenvalue weighted by Crippen LogP contribution is -2.54. The molecule has 2 heterocycles. The highest BCUT2D eigenvalue weighted by atomic mass is 79.9. The van der Waals surface area contributed by atoms with Gasteiger partial charge in [-0.05, 0) is 55.0 Å². The lowest BCUT2D eigenvalue weighted by Gasteiger charge is -2.43. The number of aliphatic hydroxyl groups excluding tert-OH is 1. The number of hydrogen-bond acceptors (Lipinski definition) is 4. The number of carbonyl (C=O) groups is 1. The van der Waals surface area contributed by atoms with E-state index < -0.39 is 6.10 Å². The molecule has 2 aromatic carbocycles. The van der Waals surface area contributed by atoms with Gasteiger partial charge in [0.15, 0.2) is 0 Å². The summed E-state index contributed by atoms with van der Waals surface area (Å²) in [7, 11) is 0. The van der Waals surface area contributed by atoms with E-state index in [1.165, 1.54) is 11.1 Å². The van der Waals surface area contributed by atoms with Crippen molar-refractivity contribution >= 4 is 21.8 Å². The molecule has 1 atom stereocenters. The van der Waals surface area contributed by atoms with Crippen LogP contribution in [0.3, 0.4) is 0 Å². The molecule has 2 aromatic rings. The number of carbonyl (C=O) groups excluding carboxylic acids is 1. The van der Waals surface area contributed by atoms with Crippen molar-refractivity contribution in [2.75, 3.05) is 26.2 Å². The zero-order valence-electron chi connectivity index (χ0n) is 17.0. The van der Waals surface area contributed by atoms with Crippen molar-refractivity contribution in [3.05, 3.63) is 63.6 Å². The SMILES string of the molecule is O=C1c2ccc(Br)cc2OC2(CCC2)CN1C[C@H](O)CN1CCc2ccccc2C1. The maximum absolute atomic E-state index is 13.3. The van der Waals surface area contributed by atoms with Crippen LogP contribution in [0.4, 0.5) is 0 Å². The average Bonchev–Trinajstić information content (AvgIpc) is 2.82. The van der Waals surface area contributed by atoms with E-state index in [4.69, 9.17) is 4.74 Å². The first-order valence-electron chi connectivity index (χ1n) is 10.8. The molecule has 0 aromatic heterocycles. The van der Waals surface area contributed by atoms with E-state index in [2.05, 4.69) is 45.1 Å². The van der Waals surface area contributed by atoms with Crippen molar-refractivity contribution in [3.63, 3.8) is 0 Å². The molecule has 0 bridgehead atoms. The largest absolute Gasteiger partial charge is 0.485 e. The first-order valence-corrected chi connectivity index (χ1v) is 11.6. The van der Waals surface area contributed by atoms with Gasteiger partial charge in [-0.15, -0.1) is 0 Å². The molecule has 3 aliphatic rings. The molecule has 1 fully saturated rings. The van der Waals surface area contributed by atoms with Crippen LogP contribution in [0, 0.1) is 0 Å². The van der Waals surface area contributed by atoms with Crippen LogP contribution < -0.4 is 4.74 Å². The van der Waals surface area contributed by atoms with Crippen molar-refractivity contribution in [2.24, 2.45) is 0 Å². The number of nitrogens with zero attached hydrogens (tertiary/aromatic N) is 2. The molecule has 1 aliphatic carbocycles. The van der Waals surface area contributed by atoms with Gasteiger partial charge in [0.25, 0.3) is 5.91 Å². The van der Waals surface area contributed by atoms with Gasteiger partial charge >= 0.3 is 0 Å². The van der Waals surface area contributed by atoms with Crippen molar-refractivity contribution in [1.29, 1.82) is 0 Å². The van der Waals surface area contributed by atoms with E-state index in [0.717, 1.165) is 43.2 Å². The molecular weight excluding hydrogens is 444 g/mol. The lowest BCUT2D eigenvalue weighted by molar-refractivity contribution is -0.0326. The van der Waals surface area contributed by atoms with Crippen LogP contribution in [0.5, 0.6) is 5.75 Å². The lowest BCUT2D eigenvalue weighted by atomic mass is 9.79. The second-order valence-electron chi connectivity index (χ2n) is 8.87. The second kappa shape index (κ2) is 7.98. The Bertz CT molecular complexity index is 959. The molecule has 2 aliphatic heterocycles. The quantitative estimate of drug-likeness (QED) is 0.740. The highest BCUT2D eigenvalue weighted by Crippen LogP contribution is 2.42. The third-order valence-corrected chi connectivity index (χ3v) is 7.13. The maximum Gasteiger partial charge on any atom is 0.257 e. The summed E-state index contributed by atoms with van der Waals surface area (Å²) in [6.07, 6.45) is 3.42. The van der Waals surface area contributed by atoms with E-state index in [0.29, 0.717) is 30.9 Å². The Kier molecular flexibility index (Phi) is 5.33. The van der Waals surface area contributed by atoms with E-state index in [1.807, 2.05) is 23.1 Å². The number of ether oxygens (including phenoxy) is 1. The number of aliphatic hydroxyl groups is 1. The molecule has 1 N–H and O–H groups in total. The standard InChI is InChI=1S/C24H27BrN2O3/c25-19-6-7-21-22(12-19)30-24(9-3-10-24)16-27(23(21)29)15-20(28)14-26-11-8-17-4-1-2-5-18(17)13-26/h1-2,4-7,12,20,28H,3,8-11,13-16H2/t20-/m1/s1. The van der Waals surface area contributed by atoms with E-state index in [9.17, 15) is 9.90 Å². The highest BCUT2D eigenvalue weighted by Gasteiger charge is 2.45. The second-order valence-corrected chi connectivity index (χ2v) is 9.79. The van der Waals surface area contributed by atoms with Crippen molar-refractivity contribution in [1.82, 2.24) is 9.80 Å². The van der Waals surface area contributed by atoms with Gasteiger partial charge in [0.05, 0.1) is 18.2 Å². The van der Waals surface area contributed by atoms with E-state index in [1.54, 1.807) is 0 Å². The van der Waals surface area contributed by atoms with Crippen LogP contribution in [0.2, 0.25) is 0 Å². The Balaban J connectivity index is 1.30. The zero-order valence-corrected chi connectivity index (χ0v) is 18.6. The Morgan fingerprint density at radius 3 is 2.70 bits per heavy atom. The third-order valence-electron chi connectivity index (χ3n) is 6.64. The van der Waals surface area contributed by atoms with Gasteiger partial charge in [-0.2, -0.15) is 0 Å². The molecule has 1 amide bonds. The van der Waals surface area contributed by atoms with Gasteiger partial charge in [-0.3, -0.25) is 9.69 Å². The minimum atomic E-state index is -0.590. The summed E-state index contributed by atoms with van der Waals surface area (Å²) >= 11 is 3.49. The molecule has 0 unspecified atom stereocenters. The molecule has 0 radical (unpaired) electrons. The number of hydrogen-bond donors (Lipinski definition) is 1. The first-order chi connectivity index (χ1) is 14.5. The Hall–Kier alpha value is -1.89. The van der Waals surface area contributed by atoms with Crippen LogP contribution in [0.25, 0.3) is 0 Å². The van der Waals surface area contributed by atoms with E-state index >= 15 is 0 Å². The minimum Gasteiger partial charge on any atom is -0.485 e. The van der Waals surface area contributed by atoms with Crippen LogP contribution in [-0.2, 0) is 13.0 Å². The molecule has 0 saturated heterocycles. The van der Waals surface area contributed by atoms with Gasteiger partial charge in [0.2, 0.25) is 0 Å². The van der Waals surface area contributed by atoms with Gasteiger partial charge in [-0.25, -0.2) is 0 Å². The van der Waals surface area contributed by atoms with E-state index in [-0.39, 0.29) is 11.5 Å². The fourth-order valence-electron chi connectivity index (χ4n) is 4.91. The maximum atomic E-state index is 13.3. The Morgan fingerprint density at radius 2 is 1.93 bits per heavy atom. The molecular formula is C24H27BrN2O3. The summed E-state index contributed by atoms with van der Waals surface area (Å²) in [4.78, 5) is 17.4. The summed E-state index contributed by atoms with van der Waals surface area (Å²) in [6, 6.07) is 14.1. The topological polar surface area (TPSA) is 53.0 Å². The average molecular weight is 471 g/mol. The fraction of sp³-hybridized carbons (Fsp3) is 0.458. The summed E-state index contributed by atoms with van der Waals surface area (Å²) in [5, 5.41) is 10.9. The number of benzene rings is 2. The number of halogens is 1. The van der Waals surface area contributed by atoms with Gasteiger partial charge in [-0.1, -0.05) is 40.2 Å². The third kappa shape index (κ3) is 3.88. The number of amides is 1. The summed E-state index contributed by atoms with van der Waals surface area (Å²) in [6.45, 7) is 3.23. The molecule has 5 rings (SSSR count). The smallest absolute Gasteiger partial charge is 0.257 e. The monoisotopic (exact) mass is 470 g/mol. The molecule has 30 heavy (non-hydrogen) atoms. The first kappa shape index (κ1) is 20.0. The van der Waals surface area contributed by atoms with Crippen molar-refractivity contribution < 1.29 is 14.6 Å². The Labute approximate surface area is 185 Å². The molecule has 1 spiro atoms. The summed E-state index contributed by atoms with van der Waals surface area (Å²) < 4.78 is 7.25. The minimum absolute atomic E-state index is 0.0516. The normalized spacial score (nSPS) is 21.3. The van der Waals surface area contributed by atoms with Crippen molar-refractivity contribution in [2.45, 2.75) is 43.9 Å². The predicted molar refractivity (Wildman–Crippen MR) is 119 cm³/mol. The highest BCUT2D eigenvalue weighted by molar-refractivity contribution is 9.10. The van der Waals surface area contributed by atoms with Crippen LogP contribution in [0.15, 0.2) is 46.9 Å². The molecule has 6 heteroatoms. The zero-order chi connectivity index (χ0) is 20.7. The number of rotatable bonds is 4.